The maximum Gasteiger partial charge on any atom is 0.584 e. The predicted molar refractivity (Wildman–Crippen MR) is 171 cm³/mol. The largest absolute Gasteiger partial charge is 0.584 e. The van der Waals surface area contributed by atoms with Crippen LogP contribution in [0.3, 0.4) is 0 Å². The molecule has 3 aliphatic rings. The Balaban J connectivity index is 1.62. The van der Waals surface area contributed by atoms with Crippen LogP contribution in [0.2, 0.25) is 20.1 Å². The van der Waals surface area contributed by atoms with Crippen molar-refractivity contribution < 1.29 is 18.5 Å². The molecule has 1 N–H and O–H groups in total. The highest BCUT2D eigenvalue weighted by Gasteiger charge is 2.61. The first-order chi connectivity index (χ1) is 19.6. The maximum absolute atomic E-state index is 14.0. The molecule has 42 heavy (non-hydrogen) atoms. The third-order valence-corrected chi connectivity index (χ3v) is 10.7. The Hall–Kier alpha value is -2.17. The molecule has 1 spiro atoms. The lowest BCUT2D eigenvalue weighted by molar-refractivity contribution is 0.276. The van der Waals surface area contributed by atoms with Crippen molar-refractivity contribution in [2.24, 2.45) is 0 Å². The van der Waals surface area contributed by atoms with Gasteiger partial charge in [0.1, 0.15) is 11.5 Å². The molecular weight excluding hydrogens is 633 g/mol. The van der Waals surface area contributed by atoms with E-state index in [1.807, 2.05) is 12.1 Å². The first-order valence-electron chi connectivity index (χ1n) is 13.6. The highest BCUT2D eigenvalue weighted by atomic mass is 35.5. The molecule has 0 saturated heterocycles. The molecule has 2 aliphatic carbocycles. The summed E-state index contributed by atoms with van der Waals surface area (Å²) in [7, 11) is -4.72. The molecular formula is C33H27Cl4O4P. The molecule has 0 fully saturated rings. The van der Waals surface area contributed by atoms with Gasteiger partial charge >= 0.3 is 7.82 Å². The summed E-state index contributed by atoms with van der Waals surface area (Å²) in [6, 6.07) is 18.5. The maximum atomic E-state index is 14.0. The van der Waals surface area contributed by atoms with E-state index in [-0.39, 0.29) is 10.8 Å². The monoisotopic (exact) mass is 658 g/mol. The third-order valence-electron chi connectivity index (χ3n) is 8.98. The number of halogens is 4. The van der Waals surface area contributed by atoms with Crippen LogP contribution in [0.1, 0.15) is 62.8 Å². The number of rotatable bonds is 2. The molecule has 0 aromatic heterocycles. The van der Waals surface area contributed by atoms with Gasteiger partial charge in [-0.05, 0) is 82.3 Å². The van der Waals surface area contributed by atoms with Crippen LogP contribution < -0.4 is 9.05 Å². The van der Waals surface area contributed by atoms with Crippen LogP contribution in [-0.2, 0) is 20.8 Å². The topological polar surface area (TPSA) is 55.8 Å². The van der Waals surface area contributed by atoms with E-state index < -0.39 is 13.2 Å². The van der Waals surface area contributed by atoms with E-state index in [0.717, 1.165) is 35.1 Å². The van der Waals surface area contributed by atoms with Gasteiger partial charge in [0, 0.05) is 47.8 Å². The van der Waals surface area contributed by atoms with Gasteiger partial charge in [-0.3, -0.25) is 4.89 Å². The summed E-state index contributed by atoms with van der Waals surface area (Å²) in [5, 5.41) is 1.81. The molecule has 0 radical (unpaired) electrons. The number of hydrogen-bond donors (Lipinski definition) is 1. The molecule has 0 amide bonds. The van der Waals surface area contributed by atoms with Gasteiger partial charge in [0.25, 0.3) is 0 Å². The molecule has 1 heterocycles. The summed E-state index contributed by atoms with van der Waals surface area (Å²) >= 11 is 25.6. The van der Waals surface area contributed by atoms with Crippen molar-refractivity contribution in [2.75, 3.05) is 0 Å². The number of phosphoric acid groups is 1. The van der Waals surface area contributed by atoms with E-state index in [2.05, 4.69) is 39.8 Å². The Labute approximate surface area is 265 Å². The van der Waals surface area contributed by atoms with E-state index in [0.29, 0.717) is 53.8 Å². The second kappa shape index (κ2) is 9.17. The fourth-order valence-electron chi connectivity index (χ4n) is 7.80. The van der Waals surface area contributed by atoms with Crippen LogP contribution in [0.15, 0.2) is 60.7 Å². The first-order valence-corrected chi connectivity index (χ1v) is 16.6. The van der Waals surface area contributed by atoms with Gasteiger partial charge in [0.15, 0.2) is 0 Å². The summed E-state index contributed by atoms with van der Waals surface area (Å²) in [4.78, 5) is 11.4. The minimum Gasteiger partial charge on any atom is -0.394 e. The lowest BCUT2D eigenvalue weighted by Crippen LogP contribution is -2.29. The van der Waals surface area contributed by atoms with Gasteiger partial charge in [-0.15, -0.1) is 0 Å². The van der Waals surface area contributed by atoms with Crippen LogP contribution >= 0.6 is 54.2 Å². The lowest BCUT2D eigenvalue weighted by Gasteiger charge is -2.35. The molecule has 0 atom stereocenters. The molecule has 1 aliphatic heterocycles. The Morgan fingerprint density at radius 1 is 0.643 bits per heavy atom. The van der Waals surface area contributed by atoms with Crippen molar-refractivity contribution in [1.82, 2.24) is 0 Å². The van der Waals surface area contributed by atoms with E-state index in [4.69, 9.17) is 55.5 Å². The summed E-state index contributed by atoms with van der Waals surface area (Å²) < 4.78 is 26.2. The van der Waals surface area contributed by atoms with Crippen molar-refractivity contribution in [1.29, 1.82) is 0 Å². The Morgan fingerprint density at radius 2 is 1.00 bits per heavy atom. The minimum absolute atomic E-state index is 0.272. The van der Waals surface area contributed by atoms with Gasteiger partial charge in [-0.2, -0.15) is 0 Å². The zero-order valence-corrected chi connectivity index (χ0v) is 27.2. The molecule has 4 nitrogen and oxygen atoms in total. The van der Waals surface area contributed by atoms with Crippen LogP contribution in [0.5, 0.6) is 11.5 Å². The van der Waals surface area contributed by atoms with E-state index in [1.165, 1.54) is 0 Å². The SMILES string of the molecule is CC1(C)CC23CC(C)(C)c4ccc(-c5cc(Cl)cc(Cl)c5)c(c42)OP(=O)(O)Oc2c(-c4cc(Cl)cc(Cl)c4)ccc1c23. The van der Waals surface area contributed by atoms with Crippen molar-refractivity contribution in [3.05, 3.63) is 103 Å². The Bertz CT molecular complexity index is 1720. The highest BCUT2D eigenvalue weighted by Crippen LogP contribution is 2.71. The van der Waals surface area contributed by atoms with Gasteiger partial charge in [-0.25, -0.2) is 4.57 Å². The van der Waals surface area contributed by atoms with Crippen molar-refractivity contribution in [3.63, 3.8) is 0 Å². The molecule has 0 saturated carbocycles. The van der Waals surface area contributed by atoms with Gasteiger partial charge in [-0.1, -0.05) is 98.4 Å². The average molecular weight is 660 g/mol. The summed E-state index contributed by atoms with van der Waals surface area (Å²) in [5.74, 6) is 0.653. The smallest absolute Gasteiger partial charge is 0.394 e. The van der Waals surface area contributed by atoms with Crippen molar-refractivity contribution in [3.8, 4) is 33.8 Å². The van der Waals surface area contributed by atoms with Crippen LogP contribution in [0, 0.1) is 0 Å². The zero-order chi connectivity index (χ0) is 30.0. The lowest BCUT2D eigenvalue weighted by atomic mass is 9.71. The number of benzene rings is 4. The Kier molecular flexibility index (Phi) is 6.25. The van der Waals surface area contributed by atoms with E-state index in [1.54, 1.807) is 36.4 Å². The molecule has 9 heteroatoms. The standard InChI is InChI=1S/C33H27Cl4O4P/c1-31(2)15-33-16-32(3,4)26-8-6-24(18-11-21(36)14-22(37)12-18)30(28(26)33)41-42(38,39)40-29-23(5-7-25(31)27(29)33)17-9-19(34)13-20(35)10-17/h5-14H,15-16H2,1-4H3,(H,38,39). The van der Waals surface area contributed by atoms with Gasteiger partial charge in [0.2, 0.25) is 0 Å². The van der Waals surface area contributed by atoms with E-state index >= 15 is 0 Å². The molecule has 0 unspecified atom stereocenters. The predicted octanol–water partition coefficient (Wildman–Crippen LogP) is 11.2. The summed E-state index contributed by atoms with van der Waals surface area (Å²) in [5.41, 5.74) is 5.47. The molecule has 4 aromatic carbocycles. The van der Waals surface area contributed by atoms with Gasteiger partial charge in [0.05, 0.1) is 0 Å². The molecule has 7 rings (SSSR count). The fourth-order valence-corrected chi connectivity index (χ4v) is 9.73. The van der Waals surface area contributed by atoms with Crippen LogP contribution in [0.4, 0.5) is 0 Å². The van der Waals surface area contributed by atoms with Gasteiger partial charge < -0.3 is 9.05 Å². The minimum atomic E-state index is -4.72. The number of phosphoric ester groups is 1. The molecule has 4 aromatic rings. The summed E-state index contributed by atoms with van der Waals surface area (Å²) in [6.07, 6.45) is 1.52. The average Bonchev–Trinajstić information content (AvgIpc) is 3.21. The quantitative estimate of drug-likeness (QED) is 0.218. The number of hydrogen-bond acceptors (Lipinski definition) is 3. The summed E-state index contributed by atoms with van der Waals surface area (Å²) in [6.45, 7) is 8.84. The molecule has 216 valence electrons. The Morgan fingerprint density at radius 3 is 1.36 bits per heavy atom. The normalized spacial score (nSPS) is 19.6. The van der Waals surface area contributed by atoms with Crippen LogP contribution in [0.25, 0.3) is 22.3 Å². The second-order valence-corrected chi connectivity index (χ2v) is 15.9. The first kappa shape index (κ1) is 28.6. The zero-order valence-electron chi connectivity index (χ0n) is 23.3. The van der Waals surface area contributed by atoms with E-state index in [9.17, 15) is 9.46 Å². The fraction of sp³-hybridized carbons (Fsp3) is 0.273. The molecule has 0 bridgehead atoms. The highest BCUT2D eigenvalue weighted by molar-refractivity contribution is 7.48. The van der Waals surface area contributed by atoms with Crippen molar-refractivity contribution in [2.45, 2.75) is 56.8 Å². The third kappa shape index (κ3) is 4.25. The van der Waals surface area contributed by atoms with Crippen molar-refractivity contribution >= 4 is 54.2 Å². The second-order valence-electron chi connectivity index (χ2n) is 12.9. The van der Waals surface area contributed by atoms with Crippen LogP contribution in [-0.4, -0.2) is 4.89 Å².